The monoisotopic (exact) mass is 260 g/mol. The Morgan fingerprint density at radius 1 is 1.00 bits per heavy atom. The van der Waals surface area contributed by atoms with Crippen LogP contribution in [0.25, 0.3) is 0 Å². The summed E-state index contributed by atoms with van der Waals surface area (Å²) in [5, 5.41) is 9.61. The Labute approximate surface area is 106 Å². The van der Waals surface area contributed by atoms with E-state index in [2.05, 4.69) is 0 Å². The van der Waals surface area contributed by atoms with E-state index in [1.54, 1.807) is 13.8 Å². The number of rotatable bonds is 1. The lowest BCUT2D eigenvalue weighted by Gasteiger charge is -2.39. The maximum absolute atomic E-state index is 9.61. The van der Waals surface area contributed by atoms with Gasteiger partial charge in [0, 0.05) is 6.42 Å². The zero-order chi connectivity index (χ0) is 13.2. The Hall–Kier alpha value is -0.240. The molecular weight excluding hydrogens is 240 g/mol. The van der Waals surface area contributed by atoms with E-state index in [1.807, 2.05) is 13.8 Å². The Morgan fingerprint density at radius 2 is 1.72 bits per heavy atom. The molecule has 0 bridgehead atoms. The van der Waals surface area contributed by atoms with Crippen LogP contribution in [-0.4, -0.2) is 47.6 Å². The summed E-state index contributed by atoms with van der Waals surface area (Å²) in [6.07, 6.45) is -0.489. The summed E-state index contributed by atoms with van der Waals surface area (Å²) >= 11 is 0. The average Bonchev–Trinajstić information content (AvgIpc) is 2.63. The quantitative estimate of drug-likeness (QED) is 0.749. The molecule has 0 amide bonds. The Bertz CT molecular complexity index is 354. The SMILES string of the molecule is CC1(C)OC2CC3OC(C)(C)OC3(CO)OC2O1. The smallest absolute Gasteiger partial charge is 0.223 e. The van der Waals surface area contributed by atoms with Crippen molar-refractivity contribution in [2.75, 3.05) is 6.61 Å². The van der Waals surface area contributed by atoms with Crippen LogP contribution in [0.4, 0.5) is 0 Å². The maximum Gasteiger partial charge on any atom is 0.223 e. The summed E-state index contributed by atoms with van der Waals surface area (Å²) in [5.74, 6) is -2.60. The molecule has 3 aliphatic rings. The molecule has 3 fully saturated rings. The van der Waals surface area contributed by atoms with Gasteiger partial charge in [-0.05, 0) is 27.7 Å². The molecule has 0 radical (unpaired) electrons. The fraction of sp³-hybridized carbons (Fsp3) is 1.00. The van der Waals surface area contributed by atoms with Gasteiger partial charge in [0.2, 0.25) is 5.79 Å². The van der Waals surface area contributed by atoms with Gasteiger partial charge in [-0.2, -0.15) is 0 Å². The van der Waals surface area contributed by atoms with Gasteiger partial charge in [-0.3, -0.25) is 0 Å². The molecule has 1 N–H and O–H groups in total. The third-order valence-corrected chi connectivity index (χ3v) is 3.46. The Morgan fingerprint density at radius 3 is 2.39 bits per heavy atom. The van der Waals surface area contributed by atoms with Gasteiger partial charge in [0.1, 0.15) is 18.8 Å². The molecular formula is C12H20O6. The van der Waals surface area contributed by atoms with E-state index < -0.39 is 23.7 Å². The van der Waals surface area contributed by atoms with E-state index >= 15 is 0 Å². The first kappa shape index (κ1) is 12.8. The van der Waals surface area contributed by atoms with Gasteiger partial charge < -0.3 is 28.8 Å². The predicted octanol–water partition coefficient (Wildman–Crippen LogP) is 0.724. The fourth-order valence-corrected chi connectivity index (χ4v) is 2.91. The van der Waals surface area contributed by atoms with Gasteiger partial charge in [-0.25, -0.2) is 0 Å². The van der Waals surface area contributed by atoms with Crippen molar-refractivity contribution < 1.29 is 28.8 Å². The highest BCUT2D eigenvalue weighted by atomic mass is 16.9. The van der Waals surface area contributed by atoms with E-state index in [4.69, 9.17) is 23.7 Å². The second kappa shape index (κ2) is 3.65. The molecule has 4 atom stereocenters. The van der Waals surface area contributed by atoms with E-state index in [0.717, 1.165) is 0 Å². The number of hydrogen-bond acceptors (Lipinski definition) is 6. The lowest BCUT2D eigenvalue weighted by atomic mass is 10.00. The first-order valence-corrected chi connectivity index (χ1v) is 6.28. The Kier molecular flexibility index (Phi) is 2.59. The van der Waals surface area contributed by atoms with Gasteiger partial charge in [-0.15, -0.1) is 0 Å². The fourth-order valence-electron chi connectivity index (χ4n) is 2.91. The van der Waals surface area contributed by atoms with Crippen LogP contribution in [0.2, 0.25) is 0 Å². The van der Waals surface area contributed by atoms with Crippen LogP contribution in [0.3, 0.4) is 0 Å². The number of hydrogen-bond donors (Lipinski definition) is 1. The first-order valence-electron chi connectivity index (χ1n) is 6.28. The highest BCUT2D eigenvalue weighted by Crippen LogP contribution is 2.47. The van der Waals surface area contributed by atoms with Crippen LogP contribution >= 0.6 is 0 Å². The summed E-state index contributed by atoms with van der Waals surface area (Å²) in [6.45, 7) is 7.00. The van der Waals surface area contributed by atoms with Crippen molar-refractivity contribution in [3.8, 4) is 0 Å². The van der Waals surface area contributed by atoms with Gasteiger partial charge in [0.25, 0.3) is 0 Å². The molecule has 0 spiro atoms. The summed E-state index contributed by atoms with van der Waals surface area (Å²) < 4.78 is 28.7. The zero-order valence-electron chi connectivity index (χ0n) is 11.1. The van der Waals surface area contributed by atoms with Crippen LogP contribution in [0.5, 0.6) is 0 Å². The highest BCUT2D eigenvalue weighted by Gasteiger charge is 2.62. The minimum absolute atomic E-state index is 0.192. The zero-order valence-corrected chi connectivity index (χ0v) is 11.1. The molecule has 0 aliphatic carbocycles. The van der Waals surface area contributed by atoms with Crippen LogP contribution in [-0.2, 0) is 23.7 Å². The lowest BCUT2D eigenvalue weighted by molar-refractivity contribution is -0.341. The molecule has 4 unspecified atom stereocenters. The lowest BCUT2D eigenvalue weighted by Crippen LogP contribution is -2.56. The minimum Gasteiger partial charge on any atom is -0.391 e. The third kappa shape index (κ3) is 1.88. The van der Waals surface area contributed by atoms with Crippen LogP contribution in [0, 0.1) is 0 Å². The molecule has 3 heterocycles. The summed E-state index contributed by atoms with van der Waals surface area (Å²) in [5.41, 5.74) is 0. The normalized spacial score (nSPS) is 48.8. The van der Waals surface area contributed by atoms with Crippen molar-refractivity contribution in [3.05, 3.63) is 0 Å². The summed E-state index contributed by atoms with van der Waals surface area (Å²) in [7, 11) is 0. The molecule has 0 aromatic carbocycles. The topological polar surface area (TPSA) is 66.4 Å². The van der Waals surface area contributed by atoms with E-state index in [9.17, 15) is 5.11 Å². The van der Waals surface area contributed by atoms with Crippen molar-refractivity contribution in [1.29, 1.82) is 0 Å². The molecule has 18 heavy (non-hydrogen) atoms. The maximum atomic E-state index is 9.61. The van der Waals surface area contributed by atoms with Crippen LogP contribution in [0.1, 0.15) is 34.1 Å². The Balaban J connectivity index is 1.84. The van der Waals surface area contributed by atoms with E-state index in [1.165, 1.54) is 0 Å². The van der Waals surface area contributed by atoms with Gasteiger partial charge in [-0.1, -0.05) is 0 Å². The standard InChI is InChI=1S/C12H20O6/c1-10(2)14-7-5-8-12(6-13,17-9(7)16-10)18-11(3,4)15-8/h7-9,13H,5-6H2,1-4H3. The van der Waals surface area contributed by atoms with Crippen molar-refractivity contribution in [2.24, 2.45) is 0 Å². The predicted molar refractivity (Wildman–Crippen MR) is 59.4 cm³/mol. The van der Waals surface area contributed by atoms with Crippen molar-refractivity contribution >= 4 is 0 Å². The number of aliphatic hydroxyl groups excluding tert-OH is 1. The van der Waals surface area contributed by atoms with Crippen LogP contribution < -0.4 is 0 Å². The molecule has 3 aliphatic heterocycles. The second-order valence-corrected chi connectivity index (χ2v) is 5.97. The molecule has 6 nitrogen and oxygen atoms in total. The average molecular weight is 260 g/mol. The largest absolute Gasteiger partial charge is 0.391 e. The molecule has 6 heteroatoms. The highest BCUT2D eigenvalue weighted by molar-refractivity contribution is 4.97. The van der Waals surface area contributed by atoms with Gasteiger partial charge >= 0.3 is 0 Å². The van der Waals surface area contributed by atoms with Crippen molar-refractivity contribution in [3.63, 3.8) is 0 Å². The summed E-state index contributed by atoms with van der Waals surface area (Å²) in [6, 6.07) is 0. The minimum atomic E-state index is -1.14. The molecule has 3 rings (SSSR count). The summed E-state index contributed by atoms with van der Waals surface area (Å²) in [4.78, 5) is 0. The van der Waals surface area contributed by atoms with Crippen molar-refractivity contribution in [1.82, 2.24) is 0 Å². The number of aliphatic hydroxyl groups is 1. The van der Waals surface area contributed by atoms with E-state index in [0.29, 0.717) is 6.42 Å². The van der Waals surface area contributed by atoms with E-state index in [-0.39, 0.29) is 18.8 Å². The third-order valence-electron chi connectivity index (χ3n) is 3.46. The molecule has 104 valence electrons. The van der Waals surface area contributed by atoms with Crippen molar-refractivity contribution in [2.45, 2.75) is 70.0 Å². The van der Waals surface area contributed by atoms with Gasteiger partial charge in [0.15, 0.2) is 17.9 Å². The van der Waals surface area contributed by atoms with Gasteiger partial charge in [0.05, 0.1) is 0 Å². The second-order valence-electron chi connectivity index (χ2n) is 5.97. The number of fused-ring (bicyclic) bond motifs is 2. The molecule has 0 aromatic rings. The molecule has 3 saturated heterocycles. The number of ether oxygens (including phenoxy) is 5. The molecule has 0 saturated carbocycles. The molecule has 0 aromatic heterocycles. The van der Waals surface area contributed by atoms with Crippen LogP contribution in [0.15, 0.2) is 0 Å². The first-order chi connectivity index (χ1) is 8.25.